The van der Waals surface area contributed by atoms with E-state index in [0.717, 1.165) is 19.3 Å². The number of nitrogens with one attached hydrogen (secondary N) is 2. The summed E-state index contributed by atoms with van der Waals surface area (Å²) < 4.78 is 15.7. The summed E-state index contributed by atoms with van der Waals surface area (Å²) in [6.07, 6.45) is 2.97. The number of rotatable bonds is 12. The second-order valence-corrected chi connectivity index (χ2v) is 8.27. The lowest BCUT2D eigenvalue weighted by Gasteiger charge is -2.17. The zero-order valence-electron chi connectivity index (χ0n) is 19.7. The number of hydrogen-bond acceptors (Lipinski definition) is 6. The van der Waals surface area contributed by atoms with Crippen LogP contribution in [-0.4, -0.2) is 44.7 Å². The molecule has 0 aliphatic rings. The molecule has 174 valence electrons. The largest absolute Gasteiger partial charge is 0.493 e. The molecular weight excluding hydrogens is 400 g/mol. The van der Waals surface area contributed by atoms with Gasteiger partial charge in [0.2, 0.25) is 5.91 Å². The van der Waals surface area contributed by atoms with Gasteiger partial charge in [0.1, 0.15) is 0 Å². The molecule has 1 aromatic rings. The van der Waals surface area contributed by atoms with E-state index < -0.39 is 12.6 Å². The van der Waals surface area contributed by atoms with Crippen molar-refractivity contribution in [2.24, 2.45) is 11.8 Å². The van der Waals surface area contributed by atoms with Gasteiger partial charge in [-0.15, -0.1) is 0 Å². The third kappa shape index (κ3) is 8.86. The first-order valence-corrected chi connectivity index (χ1v) is 10.6. The molecule has 0 aromatic heterocycles. The Morgan fingerprint density at radius 1 is 0.935 bits per heavy atom. The Morgan fingerprint density at radius 3 is 2.10 bits per heavy atom. The van der Waals surface area contributed by atoms with Gasteiger partial charge in [0.25, 0.3) is 5.91 Å². The minimum absolute atomic E-state index is 0.00748. The minimum Gasteiger partial charge on any atom is -0.493 e. The molecule has 8 heteroatoms. The van der Waals surface area contributed by atoms with Gasteiger partial charge in [-0.05, 0) is 19.3 Å². The highest BCUT2D eigenvalue weighted by molar-refractivity contribution is 6.03. The van der Waals surface area contributed by atoms with E-state index in [1.54, 1.807) is 13.8 Å². The molecule has 1 atom stereocenters. The van der Waals surface area contributed by atoms with Gasteiger partial charge in [0.05, 0.1) is 25.5 Å². The van der Waals surface area contributed by atoms with Crippen LogP contribution in [0.15, 0.2) is 12.1 Å². The lowest BCUT2D eigenvalue weighted by atomic mass is 10.0. The molecule has 0 fully saturated rings. The zero-order valence-corrected chi connectivity index (χ0v) is 19.7. The van der Waals surface area contributed by atoms with Crippen LogP contribution in [-0.2, 0) is 14.3 Å². The first-order valence-electron chi connectivity index (χ1n) is 10.6. The second-order valence-electron chi connectivity index (χ2n) is 8.27. The van der Waals surface area contributed by atoms with Gasteiger partial charge in [-0.25, -0.2) is 4.79 Å². The topological polar surface area (TPSA) is 103 Å². The Labute approximate surface area is 185 Å². The fourth-order valence-electron chi connectivity index (χ4n) is 2.86. The van der Waals surface area contributed by atoms with E-state index in [1.165, 1.54) is 26.4 Å². The van der Waals surface area contributed by atoms with Gasteiger partial charge < -0.3 is 24.8 Å². The number of anilines is 1. The van der Waals surface area contributed by atoms with Gasteiger partial charge >= 0.3 is 5.97 Å². The number of methoxy groups -OCH3 is 2. The molecule has 1 aromatic carbocycles. The molecule has 1 unspecified atom stereocenters. The molecule has 0 saturated heterocycles. The van der Waals surface area contributed by atoms with Crippen LogP contribution in [0.3, 0.4) is 0 Å². The van der Waals surface area contributed by atoms with Crippen molar-refractivity contribution in [2.45, 2.75) is 59.9 Å². The molecule has 0 spiro atoms. The standard InChI is InChI=1S/C23H36N2O6/c1-14(2)9-8-10-16(5)24-21(26)13-31-23(28)17-11-19(29-6)20(30-7)12-18(17)25-22(27)15(3)4/h11-12,14-16H,8-10,13H2,1-7H3,(H,24,26)(H,25,27). The van der Waals surface area contributed by atoms with E-state index in [4.69, 9.17) is 14.2 Å². The van der Waals surface area contributed by atoms with E-state index in [0.29, 0.717) is 17.4 Å². The van der Waals surface area contributed by atoms with E-state index in [9.17, 15) is 14.4 Å². The van der Waals surface area contributed by atoms with Crippen LogP contribution in [0.2, 0.25) is 0 Å². The van der Waals surface area contributed by atoms with Crippen molar-refractivity contribution >= 4 is 23.5 Å². The fourth-order valence-corrected chi connectivity index (χ4v) is 2.86. The van der Waals surface area contributed by atoms with Crippen LogP contribution in [0.1, 0.15) is 64.2 Å². The van der Waals surface area contributed by atoms with Gasteiger partial charge in [-0.3, -0.25) is 9.59 Å². The maximum atomic E-state index is 12.7. The highest BCUT2D eigenvalue weighted by atomic mass is 16.5. The number of benzene rings is 1. The number of hydrogen-bond donors (Lipinski definition) is 2. The van der Waals surface area contributed by atoms with Crippen molar-refractivity contribution in [3.63, 3.8) is 0 Å². The molecule has 0 saturated carbocycles. The van der Waals surface area contributed by atoms with Crippen molar-refractivity contribution in [1.82, 2.24) is 5.32 Å². The smallest absolute Gasteiger partial charge is 0.340 e. The maximum absolute atomic E-state index is 12.7. The lowest BCUT2D eigenvalue weighted by molar-refractivity contribution is -0.125. The predicted molar refractivity (Wildman–Crippen MR) is 120 cm³/mol. The van der Waals surface area contributed by atoms with Crippen LogP contribution in [0, 0.1) is 11.8 Å². The summed E-state index contributed by atoms with van der Waals surface area (Å²) in [6.45, 7) is 9.30. The first kappa shape index (κ1) is 26.3. The summed E-state index contributed by atoms with van der Waals surface area (Å²) in [5.74, 6) is -0.405. The van der Waals surface area contributed by atoms with E-state index in [1.807, 2.05) is 6.92 Å². The predicted octanol–water partition coefficient (Wildman–Crippen LogP) is 3.79. The molecule has 0 bridgehead atoms. The van der Waals surface area contributed by atoms with Crippen LogP contribution < -0.4 is 20.1 Å². The molecule has 2 amide bonds. The van der Waals surface area contributed by atoms with Crippen molar-refractivity contribution in [3.8, 4) is 11.5 Å². The third-order valence-electron chi connectivity index (χ3n) is 4.69. The SMILES string of the molecule is COc1cc(NC(=O)C(C)C)c(C(=O)OCC(=O)NC(C)CCCC(C)C)cc1OC. The second kappa shape index (κ2) is 12.8. The van der Waals surface area contributed by atoms with Crippen LogP contribution >= 0.6 is 0 Å². The van der Waals surface area contributed by atoms with Gasteiger partial charge in [0, 0.05) is 24.1 Å². The molecule has 8 nitrogen and oxygen atoms in total. The molecule has 2 N–H and O–H groups in total. The molecule has 1 rings (SSSR count). The maximum Gasteiger partial charge on any atom is 0.340 e. The lowest BCUT2D eigenvalue weighted by Crippen LogP contribution is -2.36. The van der Waals surface area contributed by atoms with Crippen LogP contribution in [0.4, 0.5) is 5.69 Å². The van der Waals surface area contributed by atoms with Crippen molar-refractivity contribution in [2.75, 3.05) is 26.1 Å². The zero-order chi connectivity index (χ0) is 23.6. The summed E-state index contributed by atoms with van der Waals surface area (Å²) in [4.78, 5) is 37.0. The molecule has 0 aliphatic heterocycles. The molecule has 0 radical (unpaired) electrons. The number of esters is 1. The van der Waals surface area contributed by atoms with Gasteiger partial charge in [-0.1, -0.05) is 40.5 Å². The van der Waals surface area contributed by atoms with Crippen LogP contribution in [0.25, 0.3) is 0 Å². The highest BCUT2D eigenvalue weighted by Crippen LogP contribution is 2.34. The summed E-state index contributed by atoms with van der Waals surface area (Å²) in [5.41, 5.74) is 0.299. The monoisotopic (exact) mass is 436 g/mol. The quantitative estimate of drug-likeness (QED) is 0.483. The van der Waals surface area contributed by atoms with Gasteiger partial charge in [0.15, 0.2) is 18.1 Å². The summed E-state index contributed by atoms with van der Waals surface area (Å²) in [5, 5.41) is 5.53. The Bertz CT molecular complexity index is 761. The average molecular weight is 437 g/mol. The molecule has 0 aliphatic carbocycles. The first-order chi connectivity index (χ1) is 14.6. The molecular formula is C23H36N2O6. The van der Waals surface area contributed by atoms with Crippen molar-refractivity contribution < 1.29 is 28.6 Å². The number of carbonyl (C=O) groups excluding carboxylic acids is 3. The Kier molecular flexibility index (Phi) is 10.9. The van der Waals surface area contributed by atoms with Crippen LogP contribution in [0.5, 0.6) is 11.5 Å². The summed E-state index contributed by atoms with van der Waals surface area (Å²) in [6, 6.07) is 2.91. The Balaban J connectivity index is 2.84. The minimum atomic E-state index is -0.748. The normalized spacial score (nSPS) is 11.8. The number of amides is 2. The van der Waals surface area contributed by atoms with E-state index in [-0.39, 0.29) is 35.0 Å². The fraction of sp³-hybridized carbons (Fsp3) is 0.609. The van der Waals surface area contributed by atoms with E-state index >= 15 is 0 Å². The number of carbonyl (C=O) groups is 3. The summed E-state index contributed by atoms with van der Waals surface area (Å²) in [7, 11) is 2.89. The Morgan fingerprint density at radius 2 is 1.55 bits per heavy atom. The molecule has 31 heavy (non-hydrogen) atoms. The summed E-state index contributed by atoms with van der Waals surface area (Å²) >= 11 is 0. The Hall–Kier alpha value is -2.77. The average Bonchev–Trinajstić information content (AvgIpc) is 2.71. The van der Waals surface area contributed by atoms with Gasteiger partial charge in [-0.2, -0.15) is 0 Å². The van der Waals surface area contributed by atoms with Crippen molar-refractivity contribution in [3.05, 3.63) is 17.7 Å². The number of ether oxygens (including phenoxy) is 3. The third-order valence-corrected chi connectivity index (χ3v) is 4.69. The highest BCUT2D eigenvalue weighted by Gasteiger charge is 2.21. The van der Waals surface area contributed by atoms with Crippen molar-refractivity contribution in [1.29, 1.82) is 0 Å². The molecule has 0 heterocycles. The van der Waals surface area contributed by atoms with E-state index in [2.05, 4.69) is 24.5 Å².